The zero-order valence-corrected chi connectivity index (χ0v) is 12.3. The van der Waals surface area contributed by atoms with Crippen molar-refractivity contribution in [2.24, 2.45) is 5.14 Å². The number of hydrogen-bond donors (Lipinski definition) is 2. The van der Waals surface area contributed by atoms with Gasteiger partial charge in [-0.2, -0.15) is 0 Å². The quantitative estimate of drug-likeness (QED) is 0.786. The van der Waals surface area contributed by atoms with Gasteiger partial charge in [0.2, 0.25) is 10.0 Å². The predicted molar refractivity (Wildman–Crippen MR) is 80.8 cm³/mol. The Bertz CT molecular complexity index is 699. The summed E-state index contributed by atoms with van der Waals surface area (Å²) in [7, 11) is -3.36. The number of aromatic nitrogens is 1. The van der Waals surface area contributed by atoms with Gasteiger partial charge in [-0.1, -0.05) is 18.2 Å². The third-order valence-electron chi connectivity index (χ3n) is 3.03. The summed E-state index contributed by atoms with van der Waals surface area (Å²) in [6.45, 7) is 3.28. The van der Waals surface area contributed by atoms with Crippen molar-refractivity contribution < 1.29 is 8.42 Å². The largest absolute Gasteiger partial charge is 0.313 e. The van der Waals surface area contributed by atoms with Gasteiger partial charge in [0.15, 0.2) is 0 Å². The molecule has 0 saturated heterocycles. The minimum absolute atomic E-state index is 0.0100. The first-order valence-corrected chi connectivity index (χ1v) is 8.24. The molecule has 0 atom stereocenters. The Kier molecular flexibility index (Phi) is 4.69. The SMILES string of the molecule is Cc1cc(CNCCCS(N)(=O)=O)c2ccccc2n1. The van der Waals surface area contributed by atoms with E-state index in [4.69, 9.17) is 5.14 Å². The van der Waals surface area contributed by atoms with Crippen LogP contribution < -0.4 is 10.5 Å². The summed E-state index contributed by atoms with van der Waals surface area (Å²) in [6.07, 6.45) is 0.515. The molecule has 1 aromatic carbocycles. The number of nitrogens with zero attached hydrogens (tertiary/aromatic N) is 1. The lowest BCUT2D eigenvalue weighted by Crippen LogP contribution is -2.22. The molecule has 0 aliphatic carbocycles. The third-order valence-corrected chi connectivity index (χ3v) is 3.89. The predicted octanol–water partition coefficient (Wildman–Crippen LogP) is 1.31. The molecule has 3 N–H and O–H groups in total. The highest BCUT2D eigenvalue weighted by molar-refractivity contribution is 7.89. The number of nitrogens with two attached hydrogens (primary N) is 1. The molecule has 0 spiro atoms. The van der Waals surface area contributed by atoms with Gasteiger partial charge in [0.05, 0.1) is 11.3 Å². The van der Waals surface area contributed by atoms with Gasteiger partial charge in [-0.25, -0.2) is 13.6 Å². The summed E-state index contributed by atoms with van der Waals surface area (Å²) in [5.74, 6) is 0.0100. The van der Waals surface area contributed by atoms with Gasteiger partial charge in [-0.3, -0.25) is 4.98 Å². The number of sulfonamides is 1. The van der Waals surface area contributed by atoms with Gasteiger partial charge in [0.25, 0.3) is 0 Å². The second-order valence-electron chi connectivity index (χ2n) is 4.84. The first kappa shape index (κ1) is 14.9. The molecular weight excluding hydrogens is 274 g/mol. The highest BCUT2D eigenvalue weighted by Crippen LogP contribution is 2.17. The van der Waals surface area contributed by atoms with Crippen molar-refractivity contribution >= 4 is 20.9 Å². The van der Waals surface area contributed by atoms with Crippen molar-refractivity contribution in [3.05, 3.63) is 41.6 Å². The molecule has 20 heavy (non-hydrogen) atoms. The van der Waals surface area contributed by atoms with Gasteiger partial charge < -0.3 is 5.32 Å². The molecule has 2 rings (SSSR count). The van der Waals surface area contributed by atoms with E-state index in [0.717, 1.165) is 16.6 Å². The van der Waals surface area contributed by atoms with E-state index >= 15 is 0 Å². The summed E-state index contributed by atoms with van der Waals surface area (Å²) < 4.78 is 21.7. The van der Waals surface area contributed by atoms with Crippen LogP contribution >= 0.6 is 0 Å². The zero-order valence-electron chi connectivity index (χ0n) is 11.5. The van der Waals surface area contributed by atoms with E-state index < -0.39 is 10.0 Å². The highest BCUT2D eigenvalue weighted by atomic mass is 32.2. The summed E-state index contributed by atoms with van der Waals surface area (Å²) in [5.41, 5.74) is 3.13. The van der Waals surface area contributed by atoms with Gasteiger partial charge >= 0.3 is 0 Å². The fourth-order valence-corrected chi connectivity index (χ4v) is 2.71. The summed E-state index contributed by atoms with van der Waals surface area (Å²) in [5, 5.41) is 9.33. The van der Waals surface area contributed by atoms with E-state index in [9.17, 15) is 8.42 Å². The maximum Gasteiger partial charge on any atom is 0.209 e. The Morgan fingerprint density at radius 2 is 2.05 bits per heavy atom. The smallest absolute Gasteiger partial charge is 0.209 e. The van der Waals surface area contributed by atoms with Crippen molar-refractivity contribution in [1.82, 2.24) is 10.3 Å². The number of aryl methyl sites for hydroxylation is 1. The first-order valence-electron chi connectivity index (χ1n) is 6.52. The Morgan fingerprint density at radius 3 is 2.80 bits per heavy atom. The minimum atomic E-state index is -3.36. The van der Waals surface area contributed by atoms with Crippen molar-refractivity contribution in [3.63, 3.8) is 0 Å². The topological polar surface area (TPSA) is 85.1 Å². The lowest BCUT2D eigenvalue weighted by molar-refractivity contribution is 0.590. The number of fused-ring (bicyclic) bond motifs is 1. The molecule has 0 amide bonds. The maximum absolute atomic E-state index is 10.8. The van der Waals surface area contributed by atoms with Crippen LogP contribution in [-0.4, -0.2) is 25.7 Å². The number of benzene rings is 1. The average molecular weight is 293 g/mol. The van der Waals surface area contributed by atoms with Crippen LogP contribution in [0.1, 0.15) is 17.7 Å². The van der Waals surface area contributed by atoms with Crippen LogP contribution in [0, 0.1) is 6.92 Å². The number of rotatable bonds is 6. The standard InChI is InChI=1S/C14H19N3O2S/c1-11-9-12(10-16-7-4-8-20(15,18)19)13-5-2-3-6-14(13)17-11/h2-3,5-6,9,16H,4,7-8,10H2,1H3,(H2,15,18,19). The van der Waals surface area contributed by atoms with E-state index in [1.807, 2.05) is 31.2 Å². The van der Waals surface area contributed by atoms with Gasteiger partial charge in [-0.05, 0) is 37.6 Å². The molecule has 0 bridgehead atoms. The molecule has 1 aromatic heterocycles. The van der Waals surface area contributed by atoms with E-state index in [1.54, 1.807) is 0 Å². The fourth-order valence-electron chi connectivity index (χ4n) is 2.16. The molecule has 1 heterocycles. The highest BCUT2D eigenvalue weighted by Gasteiger charge is 2.04. The van der Waals surface area contributed by atoms with E-state index in [1.165, 1.54) is 5.56 Å². The molecule has 0 saturated carbocycles. The molecule has 0 aliphatic heterocycles. The van der Waals surface area contributed by atoms with Crippen LogP contribution in [0.3, 0.4) is 0 Å². The second kappa shape index (κ2) is 6.30. The number of pyridine rings is 1. The van der Waals surface area contributed by atoms with E-state index in [-0.39, 0.29) is 5.75 Å². The molecule has 0 aliphatic rings. The normalized spacial score (nSPS) is 11.9. The average Bonchev–Trinajstić information content (AvgIpc) is 2.36. The van der Waals surface area contributed by atoms with Crippen LogP contribution in [0.15, 0.2) is 30.3 Å². The zero-order chi connectivity index (χ0) is 14.6. The molecule has 2 aromatic rings. The van der Waals surface area contributed by atoms with Crippen LogP contribution in [0.2, 0.25) is 0 Å². The molecule has 0 fully saturated rings. The third kappa shape index (κ3) is 4.26. The van der Waals surface area contributed by atoms with E-state index in [0.29, 0.717) is 19.5 Å². The lowest BCUT2D eigenvalue weighted by atomic mass is 10.1. The van der Waals surface area contributed by atoms with Crippen molar-refractivity contribution in [2.75, 3.05) is 12.3 Å². The summed E-state index contributed by atoms with van der Waals surface area (Å²) >= 11 is 0. The molecule has 108 valence electrons. The van der Waals surface area contributed by atoms with Crippen LogP contribution in [0.25, 0.3) is 10.9 Å². The van der Waals surface area contributed by atoms with Crippen LogP contribution in [0.4, 0.5) is 0 Å². The summed E-state index contributed by atoms with van der Waals surface area (Å²) in [6, 6.07) is 10.0. The fraction of sp³-hybridized carbons (Fsp3) is 0.357. The first-order chi connectivity index (χ1) is 9.46. The second-order valence-corrected chi connectivity index (χ2v) is 6.57. The molecule has 5 nitrogen and oxygen atoms in total. The van der Waals surface area contributed by atoms with Gasteiger partial charge in [0, 0.05) is 17.6 Å². The van der Waals surface area contributed by atoms with Crippen molar-refractivity contribution in [2.45, 2.75) is 19.9 Å². The van der Waals surface area contributed by atoms with Crippen molar-refractivity contribution in [1.29, 1.82) is 0 Å². The van der Waals surface area contributed by atoms with Crippen LogP contribution in [0.5, 0.6) is 0 Å². The number of nitrogens with one attached hydrogen (secondary N) is 1. The minimum Gasteiger partial charge on any atom is -0.313 e. The lowest BCUT2D eigenvalue weighted by Gasteiger charge is -2.09. The van der Waals surface area contributed by atoms with Crippen LogP contribution in [-0.2, 0) is 16.6 Å². The van der Waals surface area contributed by atoms with Crippen molar-refractivity contribution in [3.8, 4) is 0 Å². The Morgan fingerprint density at radius 1 is 1.30 bits per heavy atom. The maximum atomic E-state index is 10.8. The Hall–Kier alpha value is -1.50. The van der Waals surface area contributed by atoms with E-state index in [2.05, 4.69) is 16.4 Å². The Labute approximate surface area is 119 Å². The monoisotopic (exact) mass is 293 g/mol. The Balaban J connectivity index is 1.99. The van der Waals surface area contributed by atoms with Gasteiger partial charge in [0.1, 0.15) is 0 Å². The molecule has 0 unspecified atom stereocenters. The molecular formula is C14H19N3O2S. The van der Waals surface area contributed by atoms with Gasteiger partial charge in [-0.15, -0.1) is 0 Å². The molecule has 6 heteroatoms. The summed E-state index contributed by atoms with van der Waals surface area (Å²) in [4.78, 5) is 4.49. The number of hydrogen-bond acceptors (Lipinski definition) is 4. The number of para-hydroxylation sites is 1. The number of primary sulfonamides is 1. The molecule has 0 radical (unpaired) electrons.